The van der Waals surface area contributed by atoms with Gasteiger partial charge in [0.1, 0.15) is 0 Å². The summed E-state index contributed by atoms with van der Waals surface area (Å²) in [5.74, 6) is 0. The van der Waals surface area contributed by atoms with Crippen LogP contribution in [-0.4, -0.2) is 14.8 Å². The van der Waals surface area contributed by atoms with Crippen molar-refractivity contribution >= 4 is 16.5 Å². The monoisotopic (exact) mass is 208 g/mol. The lowest BCUT2D eigenvalue weighted by Gasteiger charge is -1.92. The summed E-state index contributed by atoms with van der Waals surface area (Å²) in [7, 11) is 0. The Labute approximate surface area is 86.4 Å². The van der Waals surface area contributed by atoms with Crippen LogP contribution in [0.4, 0.5) is 5.13 Å². The molecule has 0 fully saturated rings. The summed E-state index contributed by atoms with van der Waals surface area (Å²) in [4.78, 5) is 5.19. The van der Waals surface area contributed by atoms with Crippen LogP contribution in [0.5, 0.6) is 0 Å². The van der Waals surface area contributed by atoms with E-state index in [4.69, 9.17) is 5.73 Å². The summed E-state index contributed by atoms with van der Waals surface area (Å²) in [6.45, 7) is 2.98. The van der Waals surface area contributed by atoms with Crippen molar-refractivity contribution in [2.75, 3.05) is 5.73 Å². The second-order valence-electron chi connectivity index (χ2n) is 3.05. The average molecular weight is 208 g/mol. The fraction of sp³-hybridized carbons (Fsp3) is 0.333. The van der Waals surface area contributed by atoms with E-state index in [2.05, 4.69) is 23.2 Å². The Kier molecular flexibility index (Phi) is 2.49. The van der Waals surface area contributed by atoms with Crippen molar-refractivity contribution in [3.05, 3.63) is 29.0 Å². The third-order valence-corrected chi connectivity index (χ3v) is 2.79. The molecule has 0 saturated heterocycles. The van der Waals surface area contributed by atoms with Crippen LogP contribution in [0.2, 0.25) is 0 Å². The molecule has 74 valence electrons. The Morgan fingerprint density at radius 3 is 2.93 bits per heavy atom. The number of rotatable bonds is 3. The van der Waals surface area contributed by atoms with Gasteiger partial charge in [0, 0.05) is 30.2 Å². The Hall–Kier alpha value is -1.36. The summed E-state index contributed by atoms with van der Waals surface area (Å²) in [6, 6.07) is 0. The topological polar surface area (TPSA) is 56.7 Å². The third-order valence-electron chi connectivity index (χ3n) is 1.96. The maximum Gasteiger partial charge on any atom is 0.180 e. The van der Waals surface area contributed by atoms with Gasteiger partial charge in [0.15, 0.2) is 5.13 Å². The lowest BCUT2D eigenvalue weighted by atomic mass is 10.2. The number of nitrogen functional groups attached to an aromatic ring is 1. The Bertz CT molecular complexity index is 418. The van der Waals surface area contributed by atoms with Crippen LogP contribution in [0.15, 0.2) is 18.6 Å². The predicted octanol–water partition coefficient (Wildman–Crippen LogP) is 1.53. The normalized spacial score (nSPS) is 10.6. The van der Waals surface area contributed by atoms with Crippen LogP contribution in [-0.2, 0) is 13.0 Å². The van der Waals surface area contributed by atoms with E-state index in [0.29, 0.717) is 5.13 Å². The number of anilines is 1. The number of aryl methyl sites for hydroxylation is 1. The van der Waals surface area contributed by atoms with Crippen molar-refractivity contribution in [1.82, 2.24) is 14.8 Å². The molecule has 2 rings (SSSR count). The highest BCUT2D eigenvalue weighted by Gasteiger charge is 2.02. The molecular weight excluding hydrogens is 196 g/mol. The minimum absolute atomic E-state index is 0.628. The molecule has 4 nitrogen and oxygen atoms in total. The van der Waals surface area contributed by atoms with Gasteiger partial charge in [-0.15, -0.1) is 11.3 Å². The number of thiazole rings is 1. The second-order valence-corrected chi connectivity index (χ2v) is 4.19. The molecule has 5 heteroatoms. The van der Waals surface area contributed by atoms with Crippen LogP contribution in [0, 0.1) is 0 Å². The fourth-order valence-electron chi connectivity index (χ4n) is 1.28. The Morgan fingerprint density at radius 2 is 2.36 bits per heavy atom. The third kappa shape index (κ3) is 1.93. The number of nitrogens with zero attached hydrogens (tertiary/aromatic N) is 3. The highest BCUT2D eigenvalue weighted by atomic mass is 32.1. The molecule has 0 aliphatic rings. The SMILES string of the molecule is CCn1cc(Cc2cnc(N)s2)cn1. The summed E-state index contributed by atoms with van der Waals surface area (Å²) in [5, 5.41) is 4.83. The van der Waals surface area contributed by atoms with E-state index in [1.807, 2.05) is 17.1 Å². The zero-order valence-corrected chi connectivity index (χ0v) is 8.79. The fourth-order valence-corrected chi connectivity index (χ4v) is 1.99. The van der Waals surface area contributed by atoms with Crippen LogP contribution in [0.3, 0.4) is 0 Å². The number of hydrogen-bond acceptors (Lipinski definition) is 4. The van der Waals surface area contributed by atoms with Crippen molar-refractivity contribution in [2.24, 2.45) is 0 Å². The predicted molar refractivity (Wildman–Crippen MR) is 57.2 cm³/mol. The summed E-state index contributed by atoms with van der Waals surface area (Å²) in [6.07, 6.45) is 6.63. The maximum absolute atomic E-state index is 5.55. The molecule has 0 unspecified atom stereocenters. The molecule has 2 aromatic heterocycles. The molecule has 2 N–H and O–H groups in total. The average Bonchev–Trinajstić information content (AvgIpc) is 2.76. The smallest absolute Gasteiger partial charge is 0.180 e. The van der Waals surface area contributed by atoms with Gasteiger partial charge in [0.25, 0.3) is 0 Å². The van der Waals surface area contributed by atoms with Gasteiger partial charge in [-0.2, -0.15) is 5.10 Å². The molecule has 0 amide bonds. The molecule has 2 aromatic rings. The molecular formula is C9H12N4S. The maximum atomic E-state index is 5.55. The van der Waals surface area contributed by atoms with Crippen molar-refractivity contribution in [1.29, 1.82) is 0 Å². The first-order valence-electron chi connectivity index (χ1n) is 4.49. The van der Waals surface area contributed by atoms with E-state index in [1.54, 1.807) is 0 Å². The minimum Gasteiger partial charge on any atom is -0.375 e. The molecule has 0 spiro atoms. The summed E-state index contributed by atoms with van der Waals surface area (Å²) >= 11 is 1.53. The van der Waals surface area contributed by atoms with E-state index in [-0.39, 0.29) is 0 Å². The standard InChI is InChI=1S/C9H12N4S/c1-2-13-6-7(4-12-13)3-8-5-11-9(10)14-8/h4-6H,2-3H2,1H3,(H2,10,11). The first-order chi connectivity index (χ1) is 6.78. The van der Waals surface area contributed by atoms with Gasteiger partial charge in [-0.25, -0.2) is 4.98 Å². The first-order valence-corrected chi connectivity index (χ1v) is 5.31. The van der Waals surface area contributed by atoms with Crippen LogP contribution >= 0.6 is 11.3 Å². The van der Waals surface area contributed by atoms with Crippen LogP contribution < -0.4 is 5.73 Å². The molecule has 0 aliphatic heterocycles. The van der Waals surface area contributed by atoms with Crippen molar-refractivity contribution < 1.29 is 0 Å². The van der Waals surface area contributed by atoms with E-state index in [9.17, 15) is 0 Å². The number of aromatic nitrogens is 3. The molecule has 0 aromatic carbocycles. The van der Waals surface area contributed by atoms with Gasteiger partial charge in [0.2, 0.25) is 0 Å². The van der Waals surface area contributed by atoms with E-state index in [0.717, 1.165) is 13.0 Å². The Morgan fingerprint density at radius 1 is 1.50 bits per heavy atom. The molecule has 0 atom stereocenters. The quantitative estimate of drug-likeness (QED) is 0.832. The van der Waals surface area contributed by atoms with Gasteiger partial charge in [-0.3, -0.25) is 4.68 Å². The van der Waals surface area contributed by atoms with Crippen molar-refractivity contribution in [2.45, 2.75) is 19.9 Å². The van der Waals surface area contributed by atoms with Crippen molar-refractivity contribution in [3.8, 4) is 0 Å². The zero-order valence-electron chi connectivity index (χ0n) is 7.97. The van der Waals surface area contributed by atoms with Crippen LogP contribution in [0.1, 0.15) is 17.4 Å². The first kappa shape index (κ1) is 9.21. The molecule has 2 heterocycles. The van der Waals surface area contributed by atoms with Gasteiger partial charge in [-0.1, -0.05) is 0 Å². The van der Waals surface area contributed by atoms with E-state index >= 15 is 0 Å². The van der Waals surface area contributed by atoms with Gasteiger partial charge < -0.3 is 5.73 Å². The summed E-state index contributed by atoms with van der Waals surface area (Å²) in [5.41, 5.74) is 6.75. The molecule has 0 radical (unpaired) electrons. The number of nitrogens with two attached hydrogens (primary N) is 1. The molecule has 14 heavy (non-hydrogen) atoms. The Balaban J connectivity index is 2.10. The van der Waals surface area contributed by atoms with Gasteiger partial charge >= 0.3 is 0 Å². The summed E-state index contributed by atoms with van der Waals surface area (Å²) < 4.78 is 1.92. The van der Waals surface area contributed by atoms with E-state index in [1.165, 1.54) is 21.8 Å². The minimum atomic E-state index is 0.628. The highest BCUT2D eigenvalue weighted by molar-refractivity contribution is 7.15. The molecule has 0 aliphatic carbocycles. The lowest BCUT2D eigenvalue weighted by Crippen LogP contribution is -1.92. The number of hydrogen-bond donors (Lipinski definition) is 1. The molecule has 0 saturated carbocycles. The van der Waals surface area contributed by atoms with Crippen molar-refractivity contribution in [3.63, 3.8) is 0 Å². The van der Waals surface area contributed by atoms with Gasteiger partial charge in [-0.05, 0) is 12.5 Å². The highest BCUT2D eigenvalue weighted by Crippen LogP contribution is 2.17. The van der Waals surface area contributed by atoms with Crippen LogP contribution in [0.25, 0.3) is 0 Å². The largest absolute Gasteiger partial charge is 0.375 e. The zero-order chi connectivity index (χ0) is 9.97. The lowest BCUT2D eigenvalue weighted by molar-refractivity contribution is 0.659. The van der Waals surface area contributed by atoms with Gasteiger partial charge in [0.05, 0.1) is 6.20 Å². The van der Waals surface area contributed by atoms with E-state index < -0.39 is 0 Å². The second kappa shape index (κ2) is 3.79. The molecule has 0 bridgehead atoms.